The highest BCUT2D eigenvalue weighted by atomic mass is 15.1. The summed E-state index contributed by atoms with van der Waals surface area (Å²) in [5.41, 5.74) is 2.11. The number of hydrogen-bond donors (Lipinski definition) is 1. The summed E-state index contributed by atoms with van der Waals surface area (Å²) in [4.78, 5) is 6.64. The first kappa shape index (κ1) is 14.5. The average molecular weight is 246 g/mol. The standard InChI is InChI=1S/C14H22N4/c1-5-18(10-11(2)8-15)13-6-7-14(17-9-13)12(3)16-4/h6-7,9,11-12,16H,5,10H2,1-4H3. The van der Waals surface area contributed by atoms with Crippen molar-refractivity contribution in [3.8, 4) is 6.07 Å². The molecule has 1 aromatic heterocycles. The van der Waals surface area contributed by atoms with E-state index in [1.165, 1.54) is 0 Å². The lowest BCUT2D eigenvalue weighted by Crippen LogP contribution is -2.28. The highest BCUT2D eigenvalue weighted by Crippen LogP contribution is 2.17. The van der Waals surface area contributed by atoms with E-state index in [-0.39, 0.29) is 12.0 Å². The fourth-order valence-electron chi connectivity index (χ4n) is 1.78. The van der Waals surface area contributed by atoms with Crippen LogP contribution in [-0.4, -0.2) is 25.1 Å². The molecule has 0 bridgehead atoms. The molecule has 0 fully saturated rings. The molecule has 0 radical (unpaired) electrons. The molecule has 4 heteroatoms. The van der Waals surface area contributed by atoms with E-state index in [1.54, 1.807) is 0 Å². The molecular weight excluding hydrogens is 224 g/mol. The van der Waals surface area contributed by atoms with Gasteiger partial charge in [-0.05, 0) is 40.0 Å². The fraction of sp³-hybridized carbons (Fsp3) is 0.571. The van der Waals surface area contributed by atoms with Crippen molar-refractivity contribution in [3.05, 3.63) is 24.0 Å². The monoisotopic (exact) mass is 246 g/mol. The molecule has 1 aromatic rings. The van der Waals surface area contributed by atoms with E-state index in [1.807, 2.05) is 26.2 Å². The number of nitrogens with zero attached hydrogens (tertiary/aromatic N) is 3. The summed E-state index contributed by atoms with van der Waals surface area (Å²) in [6.07, 6.45) is 1.89. The second kappa shape index (κ2) is 6.97. The van der Waals surface area contributed by atoms with Crippen LogP contribution in [0.25, 0.3) is 0 Å². The van der Waals surface area contributed by atoms with Crippen LogP contribution in [0.2, 0.25) is 0 Å². The molecule has 1 rings (SSSR count). The molecule has 0 aliphatic rings. The molecule has 2 atom stereocenters. The Kier molecular flexibility index (Phi) is 5.60. The van der Waals surface area contributed by atoms with Crippen molar-refractivity contribution in [3.63, 3.8) is 0 Å². The molecule has 98 valence electrons. The number of nitrogens with one attached hydrogen (secondary N) is 1. The summed E-state index contributed by atoms with van der Waals surface area (Å²) >= 11 is 0. The van der Waals surface area contributed by atoms with Gasteiger partial charge in [-0.25, -0.2) is 0 Å². The normalized spacial score (nSPS) is 13.7. The van der Waals surface area contributed by atoms with E-state index in [9.17, 15) is 0 Å². The zero-order chi connectivity index (χ0) is 13.5. The van der Waals surface area contributed by atoms with E-state index < -0.39 is 0 Å². The van der Waals surface area contributed by atoms with Crippen molar-refractivity contribution in [1.29, 1.82) is 5.26 Å². The number of rotatable bonds is 6. The van der Waals surface area contributed by atoms with Gasteiger partial charge in [0.2, 0.25) is 0 Å². The van der Waals surface area contributed by atoms with E-state index in [0.717, 1.165) is 24.5 Å². The maximum atomic E-state index is 8.87. The molecule has 0 aliphatic carbocycles. The first-order chi connectivity index (χ1) is 8.62. The quantitative estimate of drug-likeness (QED) is 0.837. The molecule has 0 spiro atoms. The zero-order valence-corrected chi connectivity index (χ0v) is 11.6. The Morgan fingerprint density at radius 1 is 1.44 bits per heavy atom. The van der Waals surface area contributed by atoms with E-state index >= 15 is 0 Å². The van der Waals surface area contributed by atoms with Gasteiger partial charge in [0.1, 0.15) is 0 Å². The number of anilines is 1. The number of pyridine rings is 1. The molecule has 0 amide bonds. The Morgan fingerprint density at radius 3 is 2.61 bits per heavy atom. The van der Waals surface area contributed by atoms with Gasteiger partial charge in [-0.15, -0.1) is 0 Å². The highest BCUT2D eigenvalue weighted by molar-refractivity contribution is 5.44. The van der Waals surface area contributed by atoms with Crippen molar-refractivity contribution in [2.75, 3.05) is 25.0 Å². The smallest absolute Gasteiger partial charge is 0.0671 e. The van der Waals surface area contributed by atoms with Crippen LogP contribution in [0.5, 0.6) is 0 Å². The summed E-state index contributed by atoms with van der Waals surface area (Å²) in [6.45, 7) is 7.74. The minimum atomic E-state index is 0.0286. The van der Waals surface area contributed by atoms with Crippen molar-refractivity contribution < 1.29 is 0 Å². The molecule has 0 saturated carbocycles. The van der Waals surface area contributed by atoms with Crippen LogP contribution < -0.4 is 10.2 Å². The molecule has 1 heterocycles. The largest absolute Gasteiger partial charge is 0.369 e. The van der Waals surface area contributed by atoms with Crippen LogP contribution in [0.15, 0.2) is 18.3 Å². The van der Waals surface area contributed by atoms with E-state index in [0.29, 0.717) is 0 Å². The molecular formula is C14H22N4. The molecule has 0 aromatic carbocycles. The Bertz CT molecular complexity index is 393. The van der Waals surface area contributed by atoms with Crippen molar-refractivity contribution in [2.45, 2.75) is 26.8 Å². The molecule has 0 aliphatic heterocycles. The predicted molar refractivity (Wildman–Crippen MR) is 74.4 cm³/mol. The zero-order valence-electron chi connectivity index (χ0n) is 11.6. The minimum absolute atomic E-state index is 0.0286. The lowest BCUT2D eigenvalue weighted by Gasteiger charge is -2.24. The Morgan fingerprint density at radius 2 is 2.17 bits per heavy atom. The van der Waals surface area contributed by atoms with Gasteiger partial charge in [-0.2, -0.15) is 5.26 Å². The average Bonchev–Trinajstić information content (AvgIpc) is 2.43. The van der Waals surface area contributed by atoms with Gasteiger partial charge >= 0.3 is 0 Å². The molecule has 0 saturated heterocycles. The van der Waals surface area contributed by atoms with Gasteiger partial charge < -0.3 is 10.2 Å². The van der Waals surface area contributed by atoms with Gasteiger partial charge in [-0.1, -0.05) is 0 Å². The number of nitriles is 1. The lowest BCUT2D eigenvalue weighted by molar-refractivity contribution is 0.631. The Balaban J connectivity index is 2.79. The molecule has 4 nitrogen and oxygen atoms in total. The van der Waals surface area contributed by atoms with Crippen LogP contribution in [0, 0.1) is 17.2 Å². The van der Waals surface area contributed by atoms with Crippen LogP contribution in [-0.2, 0) is 0 Å². The Hall–Kier alpha value is -1.60. The fourth-order valence-corrected chi connectivity index (χ4v) is 1.78. The third-order valence-electron chi connectivity index (χ3n) is 3.11. The third kappa shape index (κ3) is 3.71. The Labute approximate surface area is 110 Å². The first-order valence-corrected chi connectivity index (χ1v) is 6.40. The van der Waals surface area contributed by atoms with Gasteiger partial charge in [0, 0.05) is 19.1 Å². The summed E-state index contributed by atoms with van der Waals surface area (Å²) in [5, 5.41) is 12.0. The SMILES string of the molecule is CCN(CC(C)C#N)c1ccc(C(C)NC)nc1. The first-order valence-electron chi connectivity index (χ1n) is 6.40. The molecule has 1 N–H and O–H groups in total. The predicted octanol–water partition coefficient (Wildman–Crippen LogP) is 2.35. The van der Waals surface area contributed by atoms with Crippen molar-refractivity contribution >= 4 is 5.69 Å². The minimum Gasteiger partial charge on any atom is -0.369 e. The van der Waals surface area contributed by atoms with Crippen LogP contribution in [0.3, 0.4) is 0 Å². The third-order valence-corrected chi connectivity index (χ3v) is 3.11. The topological polar surface area (TPSA) is 52.0 Å². The summed E-state index contributed by atoms with van der Waals surface area (Å²) in [6, 6.07) is 6.63. The van der Waals surface area contributed by atoms with Crippen molar-refractivity contribution in [1.82, 2.24) is 10.3 Å². The molecule has 18 heavy (non-hydrogen) atoms. The number of aromatic nitrogens is 1. The van der Waals surface area contributed by atoms with E-state index in [2.05, 4.69) is 41.2 Å². The second-order valence-corrected chi connectivity index (χ2v) is 4.52. The lowest BCUT2D eigenvalue weighted by atomic mass is 10.1. The van der Waals surface area contributed by atoms with Gasteiger partial charge in [0.15, 0.2) is 0 Å². The van der Waals surface area contributed by atoms with Gasteiger partial charge in [-0.3, -0.25) is 4.98 Å². The van der Waals surface area contributed by atoms with E-state index in [4.69, 9.17) is 5.26 Å². The van der Waals surface area contributed by atoms with Gasteiger partial charge in [0.05, 0.1) is 29.6 Å². The second-order valence-electron chi connectivity index (χ2n) is 4.52. The summed E-state index contributed by atoms with van der Waals surface area (Å²) in [5.74, 6) is 0.0286. The van der Waals surface area contributed by atoms with Crippen LogP contribution in [0.4, 0.5) is 5.69 Å². The van der Waals surface area contributed by atoms with Gasteiger partial charge in [0.25, 0.3) is 0 Å². The van der Waals surface area contributed by atoms with Crippen molar-refractivity contribution in [2.24, 2.45) is 5.92 Å². The maximum absolute atomic E-state index is 8.87. The van der Waals surface area contributed by atoms with Crippen LogP contribution >= 0.6 is 0 Å². The molecule has 2 unspecified atom stereocenters. The van der Waals surface area contributed by atoms with Crippen LogP contribution in [0.1, 0.15) is 32.5 Å². The summed E-state index contributed by atoms with van der Waals surface area (Å²) in [7, 11) is 1.92. The highest BCUT2D eigenvalue weighted by Gasteiger charge is 2.10. The maximum Gasteiger partial charge on any atom is 0.0671 e. The summed E-state index contributed by atoms with van der Waals surface area (Å²) < 4.78 is 0. The number of hydrogen-bond acceptors (Lipinski definition) is 4.